The second-order valence-electron chi connectivity index (χ2n) is 5.27. The Morgan fingerprint density at radius 2 is 1.94 bits per heavy atom. The molecule has 2 amide bonds. The summed E-state index contributed by atoms with van der Waals surface area (Å²) < 4.78 is 0. The molecule has 3 N–H and O–H groups in total. The Balaban J connectivity index is 2.45. The summed E-state index contributed by atoms with van der Waals surface area (Å²) in [7, 11) is 0. The van der Waals surface area contributed by atoms with Crippen LogP contribution in [-0.2, 0) is 11.8 Å². The van der Waals surface area contributed by atoms with Gasteiger partial charge in [-0.2, -0.15) is 5.10 Å². The van der Waals surface area contributed by atoms with E-state index in [0.29, 0.717) is 0 Å². The number of aryl methyl sites for hydroxylation is 1. The van der Waals surface area contributed by atoms with E-state index >= 15 is 0 Å². The number of nitrogens with zero attached hydrogens (tertiary/aromatic N) is 1. The fourth-order valence-corrected chi connectivity index (χ4v) is 1.58. The first kappa shape index (κ1) is 14.2. The van der Waals surface area contributed by atoms with Crippen molar-refractivity contribution in [2.45, 2.75) is 39.0 Å². The quantitative estimate of drug-likeness (QED) is 0.623. The number of rotatable bonds is 4. The molecule has 0 heterocycles. The van der Waals surface area contributed by atoms with Gasteiger partial charge in [0, 0.05) is 6.21 Å². The highest BCUT2D eigenvalue weighted by molar-refractivity contribution is 5.72. The summed E-state index contributed by atoms with van der Waals surface area (Å²) in [6, 6.07) is 7.95. The highest BCUT2D eigenvalue weighted by Gasteiger charge is 2.12. The molecular formula is C14H21N3O. The number of carbonyl (C=O) groups is 1. The maximum atomic E-state index is 10.4. The van der Waals surface area contributed by atoms with E-state index in [1.807, 2.05) is 0 Å². The fraction of sp³-hybridized carbons (Fsp3) is 0.429. The number of hydrogen-bond acceptors (Lipinski definition) is 2. The third-order valence-corrected chi connectivity index (χ3v) is 2.65. The summed E-state index contributed by atoms with van der Waals surface area (Å²) in [5.41, 5.74) is 9.82. The summed E-state index contributed by atoms with van der Waals surface area (Å²) in [6.45, 7) is 6.60. The molecule has 98 valence electrons. The summed E-state index contributed by atoms with van der Waals surface area (Å²) in [5.74, 6) is 0. The number of hydrazone groups is 1. The molecule has 0 bridgehead atoms. The van der Waals surface area contributed by atoms with Gasteiger partial charge in [0.15, 0.2) is 0 Å². The van der Waals surface area contributed by atoms with Crippen molar-refractivity contribution in [3.05, 3.63) is 35.4 Å². The molecule has 0 saturated carbocycles. The largest absolute Gasteiger partial charge is 0.350 e. The van der Waals surface area contributed by atoms with E-state index in [-0.39, 0.29) is 5.41 Å². The lowest BCUT2D eigenvalue weighted by Gasteiger charge is -2.19. The van der Waals surface area contributed by atoms with E-state index in [1.54, 1.807) is 6.21 Å². The van der Waals surface area contributed by atoms with Gasteiger partial charge in [0.25, 0.3) is 0 Å². The molecule has 0 fully saturated rings. The monoisotopic (exact) mass is 247 g/mol. The second kappa shape index (κ2) is 6.19. The van der Waals surface area contributed by atoms with E-state index in [9.17, 15) is 4.79 Å². The first-order valence-electron chi connectivity index (χ1n) is 6.06. The van der Waals surface area contributed by atoms with Crippen molar-refractivity contribution < 1.29 is 4.79 Å². The van der Waals surface area contributed by atoms with Crippen LogP contribution in [0.1, 0.15) is 38.3 Å². The van der Waals surface area contributed by atoms with Crippen molar-refractivity contribution in [1.29, 1.82) is 0 Å². The molecule has 0 atom stereocenters. The lowest BCUT2D eigenvalue weighted by Crippen LogP contribution is -2.24. The zero-order chi connectivity index (χ0) is 13.6. The summed E-state index contributed by atoms with van der Waals surface area (Å²) >= 11 is 0. The average Bonchev–Trinajstić information content (AvgIpc) is 2.27. The number of carbonyl (C=O) groups excluding carboxylic acids is 1. The van der Waals surface area contributed by atoms with Crippen LogP contribution in [-0.4, -0.2) is 12.2 Å². The molecule has 4 heteroatoms. The molecule has 0 radical (unpaired) electrons. The van der Waals surface area contributed by atoms with E-state index in [0.717, 1.165) is 12.8 Å². The van der Waals surface area contributed by atoms with Crippen LogP contribution < -0.4 is 11.2 Å². The van der Waals surface area contributed by atoms with Gasteiger partial charge in [-0.05, 0) is 29.4 Å². The molecule has 1 rings (SSSR count). The van der Waals surface area contributed by atoms with Crippen LogP contribution in [0.3, 0.4) is 0 Å². The van der Waals surface area contributed by atoms with Gasteiger partial charge >= 0.3 is 6.03 Å². The molecule has 1 aromatic carbocycles. The van der Waals surface area contributed by atoms with Crippen LogP contribution in [0.15, 0.2) is 29.4 Å². The Kier molecular flexibility index (Phi) is 4.89. The molecule has 18 heavy (non-hydrogen) atoms. The molecular weight excluding hydrogens is 226 g/mol. The minimum absolute atomic E-state index is 0.186. The highest BCUT2D eigenvalue weighted by atomic mass is 16.2. The molecule has 1 aromatic rings. The average molecular weight is 247 g/mol. The van der Waals surface area contributed by atoms with Crippen molar-refractivity contribution in [3.63, 3.8) is 0 Å². The number of benzene rings is 1. The smallest absolute Gasteiger partial charge is 0.332 e. The van der Waals surface area contributed by atoms with Gasteiger partial charge in [-0.15, -0.1) is 0 Å². The summed E-state index contributed by atoms with van der Waals surface area (Å²) in [4.78, 5) is 10.4. The fourth-order valence-electron chi connectivity index (χ4n) is 1.58. The van der Waals surface area contributed by atoms with Gasteiger partial charge in [0.2, 0.25) is 0 Å². The van der Waals surface area contributed by atoms with Crippen LogP contribution in [0.2, 0.25) is 0 Å². The van der Waals surface area contributed by atoms with Crippen molar-refractivity contribution >= 4 is 12.2 Å². The molecule has 0 spiro atoms. The normalized spacial score (nSPS) is 11.7. The van der Waals surface area contributed by atoms with Crippen LogP contribution >= 0.6 is 0 Å². The van der Waals surface area contributed by atoms with Crippen LogP contribution in [0, 0.1) is 0 Å². The Hall–Kier alpha value is -1.84. The van der Waals surface area contributed by atoms with Crippen molar-refractivity contribution in [3.8, 4) is 0 Å². The van der Waals surface area contributed by atoms with Crippen molar-refractivity contribution in [2.75, 3.05) is 0 Å². The van der Waals surface area contributed by atoms with E-state index in [4.69, 9.17) is 5.73 Å². The van der Waals surface area contributed by atoms with Gasteiger partial charge in [-0.1, -0.05) is 45.0 Å². The summed E-state index contributed by atoms with van der Waals surface area (Å²) in [5, 5.41) is 3.69. The molecule has 0 aliphatic heterocycles. The van der Waals surface area contributed by atoms with E-state index in [1.165, 1.54) is 11.1 Å². The number of primary amides is 1. The van der Waals surface area contributed by atoms with Crippen molar-refractivity contribution in [1.82, 2.24) is 5.43 Å². The van der Waals surface area contributed by atoms with Crippen LogP contribution in [0.5, 0.6) is 0 Å². The maximum Gasteiger partial charge on any atom is 0.332 e. The standard InChI is InChI=1S/C14H21N3O/c1-14(2,3)12-8-6-11(7-9-12)5-4-10-16-17-13(15)18/h6-10H,4-5H2,1-3H3,(H3,15,17,18)/b16-10+. The van der Waals surface area contributed by atoms with Crippen LogP contribution in [0.25, 0.3) is 0 Å². The zero-order valence-corrected chi connectivity index (χ0v) is 11.2. The Bertz CT molecular complexity index is 416. The molecule has 0 aromatic heterocycles. The van der Waals surface area contributed by atoms with Gasteiger partial charge in [-0.3, -0.25) is 0 Å². The minimum Gasteiger partial charge on any atom is -0.350 e. The van der Waals surface area contributed by atoms with E-state index in [2.05, 4.69) is 55.6 Å². The van der Waals surface area contributed by atoms with Crippen LogP contribution in [0.4, 0.5) is 4.79 Å². The molecule has 0 unspecified atom stereocenters. The third kappa shape index (κ3) is 4.99. The van der Waals surface area contributed by atoms with Crippen molar-refractivity contribution in [2.24, 2.45) is 10.8 Å². The molecule has 0 aliphatic rings. The van der Waals surface area contributed by atoms with Gasteiger partial charge < -0.3 is 5.73 Å². The molecule has 0 saturated heterocycles. The number of urea groups is 1. The minimum atomic E-state index is -0.638. The van der Waals surface area contributed by atoms with E-state index < -0.39 is 6.03 Å². The Morgan fingerprint density at radius 3 is 2.44 bits per heavy atom. The molecule has 0 aliphatic carbocycles. The highest BCUT2D eigenvalue weighted by Crippen LogP contribution is 2.22. The Labute approximate surface area is 108 Å². The lowest BCUT2D eigenvalue weighted by molar-refractivity contribution is 0.249. The zero-order valence-electron chi connectivity index (χ0n) is 11.2. The Morgan fingerprint density at radius 1 is 1.33 bits per heavy atom. The third-order valence-electron chi connectivity index (χ3n) is 2.65. The molecule has 4 nitrogen and oxygen atoms in total. The topological polar surface area (TPSA) is 67.5 Å². The number of nitrogens with one attached hydrogen (secondary N) is 1. The lowest BCUT2D eigenvalue weighted by atomic mass is 9.86. The predicted molar refractivity (Wildman–Crippen MR) is 74.7 cm³/mol. The van der Waals surface area contributed by atoms with Gasteiger partial charge in [0.1, 0.15) is 0 Å². The first-order valence-corrected chi connectivity index (χ1v) is 6.06. The number of amides is 2. The van der Waals surface area contributed by atoms with Gasteiger partial charge in [-0.25, -0.2) is 10.2 Å². The first-order chi connectivity index (χ1) is 8.39. The van der Waals surface area contributed by atoms with Gasteiger partial charge in [0.05, 0.1) is 0 Å². The second-order valence-corrected chi connectivity index (χ2v) is 5.27. The number of nitrogens with two attached hydrogens (primary N) is 1. The SMILES string of the molecule is CC(C)(C)c1ccc(CC/C=N/NC(N)=O)cc1. The summed E-state index contributed by atoms with van der Waals surface area (Å²) in [6.07, 6.45) is 3.33. The number of hydrogen-bond donors (Lipinski definition) is 2. The predicted octanol–water partition coefficient (Wildman–Crippen LogP) is 2.57. The maximum absolute atomic E-state index is 10.4.